The van der Waals surface area contributed by atoms with Crippen LogP contribution in [0.5, 0.6) is 0 Å². The van der Waals surface area contributed by atoms with Crippen molar-refractivity contribution < 1.29 is 0 Å². The van der Waals surface area contributed by atoms with Gasteiger partial charge in [-0.3, -0.25) is 19.0 Å². The van der Waals surface area contributed by atoms with Crippen LogP contribution >= 0.6 is 11.3 Å². The van der Waals surface area contributed by atoms with Crippen molar-refractivity contribution in [1.82, 2.24) is 24.5 Å². The SMILES string of the molecule is O=c1cc(CN2CCN(C3CNC3)CC2)nc2sccn12. The molecule has 2 aliphatic rings. The van der Waals surface area contributed by atoms with Gasteiger partial charge in [0.2, 0.25) is 0 Å². The first kappa shape index (κ1) is 13.4. The third-order valence-electron chi connectivity index (χ3n) is 4.43. The second-order valence-corrected chi connectivity index (χ2v) is 6.64. The first-order valence-electron chi connectivity index (χ1n) is 7.42. The lowest BCUT2D eigenvalue weighted by Crippen LogP contribution is -2.61. The van der Waals surface area contributed by atoms with Crippen molar-refractivity contribution in [3.8, 4) is 0 Å². The van der Waals surface area contributed by atoms with E-state index in [-0.39, 0.29) is 5.56 Å². The highest BCUT2D eigenvalue weighted by Crippen LogP contribution is 2.12. The maximum atomic E-state index is 12.0. The second-order valence-electron chi connectivity index (χ2n) is 5.77. The molecule has 112 valence electrons. The Morgan fingerprint density at radius 1 is 1.29 bits per heavy atom. The van der Waals surface area contributed by atoms with Gasteiger partial charge in [-0.05, 0) is 0 Å². The quantitative estimate of drug-likeness (QED) is 0.854. The van der Waals surface area contributed by atoms with Gasteiger partial charge < -0.3 is 5.32 Å². The van der Waals surface area contributed by atoms with Gasteiger partial charge in [0.25, 0.3) is 5.56 Å². The lowest BCUT2D eigenvalue weighted by Gasteiger charge is -2.43. The Morgan fingerprint density at radius 3 is 2.81 bits per heavy atom. The Bertz CT molecular complexity index is 684. The molecule has 2 saturated heterocycles. The number of piperazine rings is 1. The van der Waals surface area contributed by atoms with Crippen molar-refractivity contribution in [2.45, 2.75) is 12.6 Å². The van der Waals surface area contributed by atoms with Gasteiger partial charge in [0.15, 0.2) is 4.96 Å². The van der Waals surface area contributed by atoms with Crippen LogP contribution in [-0.2, 0) is 6.54 Å². The standard InChI is InChI=1S/C14H19N5OS/c20-13-7-11(16-14-19(13)5-6-21-14)10-17-1-3-18(4-2-17)12-8-15-9-12/h5-7,12,15H,1-4,8-10H2. The molecule has 1 N–H and O–H groups in total. The van der Waals surface area contributed by atoms with E-state index in [4.69, 9.17) is 0 Å². The summed E-state index contributed by atoms with van der Waals surface area (Å²) >= 11 is 1.51. The Labute approximate surface area is 127 Å². The number of hydrogen-bond donors (Lipinski definition) is 1. The highest BCUT2D eigenvalue weighted by Gasteiger charge is 2.27. The molecular weight excluding hydrogens is 286 g/mol. The molecule has 0 atom stereocenters. The monoisotopic (exact) mass is 305 g/mol. The summed E-state index contributed by atoms with van der Waals surface area (Å²) in [5, 5.41) is 5.23. The summed E-state index contributed by atoms with van der Waals surface area (Å²) in [7, 11) is 0. The first-order chi connectivity index (χ1) is 10.3. The molecule has 0 amide bonds. The number of fused-ring (bicyclic) bond motifs is 1. The number of nitrogens with one attached hydrogen (secondary N) is 1. The summed E-state index contributed by atoms with van der Waals surface area (Å²) in [6, 6.07) is 2.40. The van der Waals surface area contributed by atoms with E-state index in [1.807, 2.05) is 5.38 Å². The number of rotatable bonds is 3. The average molecular weight is 305 g/mol. The van der Waals surface area contributed by atoms with E-state index >= 15 is 0 Å². The molecule has 0 aliphatic carbocycles. The van der Waals surface area contributed by atoms with Crippen molar-refractivity contribution in [1.29, 1.82) is 0 Å². The predicted octanol–water partition coefficient (Wildman–Crippen LogP) is -0.155. The third-order valence-corrected chi connectivity index (χ3v) is 5.18. The van der Waals surface area contributed by atoms with E-state index in [0.29, 0.717) is 0 Å². The lowest BCUT2D eigenvalue weighted by molar-refractivity contribution is 0.0690. The van der Waals surface area contributed by atoms with Crippen molar-refractivity contribution in [3.63, 3.8) is 0 Å². The fourth-order valence-electron chi connectivity index (χ4n) is 3.02. The molecule has 2 aromatic heterocycles. The summed E-state index contributed by atoms with van der Waals surface area (Å²) in [6.07, 6.45) is 1.78. The second kappa shape index (κ2) is 5.49. The lowest BCUT2D eigenvalue weighted by atomic mass is 10.1. The number of aromatic nitrogens is 2. The highest BCUT2D eigenvalue weighted by molar-refractivity contribution is 7.15. The van der Waals surface area contributed by atoms with Crippen LogP contribution in [0.15, 0.2) is 22.4 Å². The molecule has 2 aromatic rings. The van der Waals surface area contributed by atoms with Crippen LogP contribution in [-0.4, -0.2) is 64.5 Å². The minimum atomic E-state index is 0.0235. The fraction of sp³-hybridized carbons (Fsp3) is 0.571. The summed E-state index contributed by atoms with van der Waals surface area (Å²) in [5.41, 5.74) is 0.914. The number of hydrogen-bond acceptors (Lipinski definition) is 6. The maximum absolute atomic E-state index is 12.0. The highest BCUT2D eigenvalue weighted by atomic mass is 32.1. The molecule has 0 unspecified atom stereocenters. The van der Waals surface area contributed by atoms with Crippen molar-refractivity contribution in [2.75, 3.05) is 39.3 Å². The van der Waals surface area contributed by atoms with Gasteiger partial charge >= 0.3 is 0 Å². The smallest absolute Gasteiger partial charge is 0.258 e. The number of nitrogens with zero attached hydrogens (tertiary/aromatic N) is 4. The van der Waals surface area contributed by atoms with Crippen LogP contribution in [0.3, 0.4) is 0 Å². The Balaban J connectivity index is 1.42. The van der Waals surface area contributed by atoms with E-state index in [0.717, 1.165) is 62.5 Å². The summed E-state index contributed by atoms with van der Waals surface area (Å²) in [4.78, 5) is 22.3. The number of thiazole rings is 1. The zero-order chi connectivity index (χ0) is 14.2. The van der Waals surface area contributed by atoms with Crippen molar-refractivity contribution >= 4 is 16.3 Å². The largest absolute Gasteiger partial charge is 0.314 e. The minimum Gasteiger partial charge on any atom is -0.314 e. The topological polar surface area (TPSA) is 52.9 Å². The molecule has 0 radical (unpaired) electrons. The van der Waals surface area contributed by atoms with E-state index < -0.39 is 0 Å². The minimum absolute atomic E-state index is 0.0235. The molecule has 0 bridgehead atoms. The average Bonchev–Trinajstić information content (AvgIpc) is 2.88. The van der Waals surface area contributed by atoms with Crippen LogP contribution in [0, 0.1) is 0 Å². The molecule has 2 aliphatic heterocycles. The van der Waals surface area contributed by atoms with Gasteiger partial charge in [0, 0.05) is 69.5 Å². The van der Waals surface area contributed by atoms with E-state index in [1.165, 1.54) is 11.3 Å². The molecule has 2 fully saturated rings. The van der Waals surface area contributed by atoms with Gasteiger partial charge in [0.1, 0.15) is 0 Å². The molecule has 4 rings (SSSR count). The Morgan fingerprint density at radius 2 is 2.10 bits per heavy atom. The van der Waals surface area contributed by atoms with Crippen molar-refractivity contribution in [3.05, 3.63) is 33.7 Å². The zero-order valence-electron chi connectivity index (χ0n) is 11.9. The van der Waals surface area contributed by atoms with Gasteiger partial charge in [-0.2, -0.15) is 0 Å². The first-order valence-corrected chi connectivity index (χ1v) is 8.30. The van der Waals surface area contributed by atoms with Gasteiger partial charge in [0.05, 0.1) is 5.69 Å². The van der Waals surface area contributed by atoms with Crippen LogP contribution in [0.1, 0.15) is 5.69 Å². The van der Waals surface area contributed by atoms with Gasteiger partial charge in [-0.15, -0.1) is 11.3 Å². The molecule has 4 heterocycles. The Hall–Kier alpha value is -1.28. The fourth-order valence-corrected chi connectivity index (χ4v) is 3.75. The molecule has 6 nitrogen and oxygen atoms in total. The molecular formula is C14H19N5OS. The van der Waals surface area contributed by atoms with E-state index in [2.05, 4.69) is 20.1 Å². The Kier molecular flexibility index (Phi) is 3.50. The third kappa shape index (κ3) is 2.62. The molecule has 0 spiro atoms. The molecule has 0 aromatic carbocycles. The van der Waals surface area contributed by atoms with E-state index in [9.17, 15) is 4.79 Å². The zero-order valence-corrected chi connectivity index (χ0v) is 12.7. The van der Waals surface area contributed by atoms with Crippen LogP contribution < -0.4 is 10.9 Å². The molecule has 21 heavy (non-hydrogen) atoms. The predicted molar refractivity (Wildman–Crippen MR) is 82.8 cm³/mol. The maximum Gasteiger partial charge on any atom is 0.258 e. The van der Waals surface area contributed by atoms with Crippen molar-refractivity contribution in [2.24, 2.45) is 0 Å². The van der Waals surface area contributed by atoms with Crippen LogP contribution in [0.2, 0.25) is 0 Å². The summed E-state index contributed by atoms with van der Waals surface area (Å²) in [5.74, 6) is 0. The molecule has 0 saturated carbocycles. The summed E-state index contributed by atoms with van der Waals surface area (Å²) in [6.45, 7) is 7.39. The van der Waals surface area contributed by atoms with Gasteiger partial charge in [-0.25, -0.2) is 4.98 Å². The summed E-state index contributed by atoms with van der Waals surface area (Å²) < 4.78 is 1.61. The van der Waals surface area contributed by atoms with Crippen LogP contribution in [0.4, 0.5) is 0 Å². The van der Waals surface area contributed by atoms with Crippen LogP contribution in [0.25, 0.3) is 4.96 Å². The van der Waals surface area contributed by atoms with E-state index in [1.54, 1.807) is 16.7 Å². The molecule has 7 heteroatoms. The van der Waals surface area contributed by atoms with Gasteiger partial charge in [-0.1, -0.05) is 0 Å². The normalized spacial score (nSPS) is 21.7.